The van der Waals surface area contributed by atoms with Crippen LogP contribution in [-0.4, -0.2) is 24.9 Å². The summed E-state index contributed by atoms with van der Waals surface area (Å²) in [6.07, 6.45) is 81.2. The second-order valence-electron chi connectivity index (χ2n) is 37.8. The molecule has 0 saturated carbocycles. The number of amides is 2. The number of nitrogens with two attached hydrogens (primary N) is 2. The van der Waals surface area contributed by atoms with E-state index in [0.717, 1.165) is 99.0 Å². The summed E-state index contributed by atoms with van der Waals surface area (Å²) in [5, 5.41) is 4.95. The maximum absolute atomic E-state index is 16.6. The minimum atomic E-state index is -0.488. The lowest BCUT2D eigenvalue weighted by Gasteiger charge is -2.27. The Morgan fingerprint density at radius 3 is 1.30 bits per heavy atom. The van der Waals surface area contributed by atoms with Gasteiger partial charge in [0.25, 0.3) is 11.8 Å². The first-order chi connectivity index (χ1) is 56.2. The number of rotatable bonds is 58. The lowest BCUT2D eigenvalue weighted by Crippen LogP contribution is -2.35. The standard InChI is InChI=1S/C105H168N4O2S4/c1-9-14-19-24-29-34-38-45-52-59-66-82-67-61-54-47-42-43-50-57-64-75-105(8,107)96-74-73-94(113-96)99-89-77-90-88(76-91(89)109(103(99)111)81-83(65-58-51-44-33-28-23-18-13-5)68-60-53-46-39-35-30-25-20-15-10-2)98(102(110)108(90)80-82)93-72-71-92(112-93)95-78-86-84(69-62-55-48-40-36-31-26-21-16-11-3)101-87(79-97(115-101)104(6,7)106)85(100(86)114-95)70-63-56-49-41-37-32-27-22-17-12-4/h71-74,76-79,82-83H,9-70,75,80-81,106-107H2,1-8H3. The molecule has 4 bridgehead atoms. The molecule has 4 aromatic heterocycles. The van der Waals surface area contributed by atoms with E-state index >= 15 is 9.59 Å². The molecule has 3 aliphatic rings. The van der Waals surface area contributed by atoms with Crippen molar-refractivity contribution in [3.05, 3.63) is 89.6 Å². The third-order valence-electron chi connectivity index (χ3n) is 26.9. The molecule has 0 aliphatic carbocycles. The maximum Gasteiger partial charge on any atom is 0.260 e. The first-order valence-electron chi connectivity index (χ1n) is 49.6. The summed E-state index contributed by atoms with van der Waals surface area (Å²) in [6, 6.07) is 19.0. The first kappa shape index (κ1) is 95.2. The van der Waals surface area contributed by atoms with Gasteiger partial charge >= 0.3 is 0 Å². The predicted octanol–water partition coefficient (Wildman–Crippen LogP) is 32.6. The predicted molar refractivity (Wildman–Crippen MR) is 513 cm³/mol. The molecule has 6 aromatic rings. The van der Waals surface area contributed by atoms with E-state index in [-0.39, 0.29) is 11.8 Å². The summed E-state index contributed by atoms with van der Waals surface area (Å²) in [5.41, 5.74) is 20.3. The molecule has 2 amide bonds. The van der Waals surface area contributed by atoms with Gasteiger partial charge in [0, 0.05) is 73.3 Å². The molecule has 4 N–H and O–H groups in total. The molecule has 115 heavy (non-hydrogen) atoms. The second kappa shape index (κ2) is 53.3. The van der Waals surface area contributed by atoms with Gasteiger partial charge in [-0.1, -0.05) is 381 Å². The summed E-state index contributed by atoms with van der Waals surface area (Å²) in [4.78, 5) is 44.5. The molecule has 10 heteroatoms. The Bertz CT molecular complexity index is 3770. The Hall–Kier alpha value is -3.64. The SMILES string of the molecule is CCCCCCCCCCCCc1c2cc(C(C)(C)N)sc2c(CCCCCCCCCCCC)c2cc(-c3ccc(C4=c5cc6c7cc5N(CC(CCCCCCCCCCCC)CCCCCCCCCCC(C)(N)c5ccc(s5)C=7C(=O)N6CC(CCCCCCCCCC)CCCCCCCCCCCC)C4=O)s3)sc12. The summed E-state index contributed by atoms with van der Waals surface area (Å²) < 4.78 is 2.95. The summed E-state index contributed by atoms with van der Waals surface area (Å²) >= 11 is 7.60. The Labute approximate surface area is 720 Å². The number of fused-ring (bicyclic) bond motifs is 5. The topological polar surface area (TPSA) is 92.7 Å². The smallest absolute Gasteiger partial charge is 0.260 e. The number of hydrogen-bond acceptors (Lipinski definition) is 8. The van der Waals surface area contributed by atoms with Gasteiger partial charge in [0.1, 0.15) is 0 Å². The third kappa shape index (κ3) is 30.4. The van der Waals surface area contributed by atoms with Gasteiger partial charge in [0.15, 0.2) is 0 Å². The highest BCUT2D eigenvalue weighted by molar-refractivity contribution is 7.27. The van der Waals surface area contributed by atoms with E-state index in [0.29, 0.717) is 24.9 Å². The number of aryl methyl sites for hydroxylation is 2. The van der Waals surface area contributed by atoms with Gasteiger partial charge in [-0.15, -0.1) is 45.3 Å². The summed E-state index contributed by atoms with van der Waals surface area (Å²) in [5.74, 6) is 1.07. The van der Waals surface area contributed by atoms with Crippen molar-refractivity contribution in [1.29, 1.82) is 0 Å². The van der Waals surface area contributed by atoms with Crippen LogP contribution in [0, 0.1) is 11.8 Å². The van der Waals surface area contributed by atoms with Crippen LogP contribution in [0.25, 0.3) is 41.1 Å². The molecule has 644 valence electrons. The zero-order valence-corrected chi connectivity index (χ0v) is 78.5. The van der Waals surface area contributed by atoms with E-state index in [1.807, 2.05) is 34.0 Å². The largest absolute Gasteiger partial charge is 0.321 e. The van der Waals surface area contributed by atoms with Gasteiger partial charge in [0.05, 0.1) is 22.5 Å². The van der Waals surface area contributed by atoms with Crippen LogP contribution < -0.4 is 31.7 Å². The average molecular weight is 1650 g/mol. The van der Waals surface area contributed by atoms with E-state index in [4.69, 9.17) is 11.5 Å². The monoisotopic (exact) mass is 1650 g/mol. The van der Waals surface area contributed by atoms with Crippen molar-refractivity contribution in [2.24, 2.45) is 23.3 Å². The maximum atomic E-state index is 16.6. The quantitative estimate of drug-likeness (QED) is 0.0372. The van der Waals surface area contributed by atoms with Crippen LogP contribution in [0.15, 0.2) is 48.5 Å². The van der Waals surface area contributed by atoms with Gasteiger partial charge < -0.3 is 21.3 Å². The molecule has 2 aromatic carbocycles. The molecule has 9 rings (SSSR count). The van der Waals surface area contributed by atoms with Gasteiger partial charge in [-0.05, 0) is 161 Å². The Morgan fingerprint density at radius 1 is 0.417 bits per heavy atom. The molecular formula is C105H168N4O2S4. The summed E-state index contributed by atoms with van der Waals surface area (Å²) in [6.45, 7) is 19.7. The van der Waals surface area contributed by atoms with E-state index in [9.17, 15) is 0 Å². The highest BCUT2D eigenvalue weighted by Gasteiger charge is 2.39. The minimum Gasteiger partial charge on any atom is -0.321 e. The van der Waals surface area contributed by atoms with Crippen molar-refractivity contribution in [1.82, 2.24) is 0 Å². The van der Waals surface area contributed by atoms with Crippen LogP contribution in [-0.2, 0) is 33.5 Å². The lowest BCUT2D eigenvalue weighted by atomic mass is 9.92. The van der Waals surface area contributed by atoms with Crippen LogP contribution in [0.3, 0.4) is 0 Å². The molecule has 0 fully saturated rings. The average Bonchev–Trinajstić information content (AvgIpc) is 1.57. The van der Waals surface area contributed by atoms with Crippen molar-refractivity contribution in [2.45, 2.75) is 471 Å². The highest BCUT2D eigenvalue weighted by Crippen LogP contribution is 2.49. The van der Waals surface area contributed by atoms with Crippen LogP contribution in [0.1, 0.15) is 478 Å². The van der Waals surface area contributed by atoms with E-state index in [1.54, 1.807) is 11.3 Å². The minimum absolute atomic E-state index is 0.137. The molecule has 3 aliphatic heterocycles. The van der Waals surface area contributed by atoms with Crippen LogP contribution in [0.4, 0.5) is 11.4 Å². The van der Waals surface area contributed by atoms with Crippen molar-refractivity contribution >= 4 is 99.9 Å². The van der Waals surface area contributed by atoms with Crippen LogP contribution >= 0.6 is 45.3 Å². The number of hydrogen-bond donors (Lipinski definition) is 2. The van der Waals surface area contributed by atoms with Gasteiger partial charge in [0.2, 0.25) is 0 Å². The molecule has 6 nitrogen and oxygen atoms in total. The van der Waals surface area contributed by atoms with Gasteiger partial charge in [-0.2, -0.15) is 0 Å². The van der Waals surface area contributed by atoms with Gasteiger partial charge in [-0.3, -0.25) is 9.59 Å². The fraction of sp³-hybridized carbons (Fsp3) is 0.733. The van der Waals surface area contributed by atoms with Crippen molar-refractivity contribution in [3.63, 3.8) is 0 Å². The molecule has 0 spiro atoms. The molecule has 0 saturated heterocycles. The number of anilines is 2. The zero-order valence-electron chi connectivity index (χ0n) is 75.2. The molecule has 0 radical (unpaired) electrons. The lowest BCUT2D eigenvalue weighted by molar-refractivity contribution is -0.114. The van der Waals surface area contributed by atoms with E-state index < -0.39 is 11.1 Å². The summed E-state index contributed by atoms with van der Waals surface area (Å²) in [7, 11) is 0. The number of unbranched alkanes of at least 4 members (excludes halogenated alkanes) is 43. The Kier molecular flexibility index (Phi) is 44.1. The molecule has 7 heterocycles. The van der Waals surface area contributed by atoms with Crippen molar-refractivity contribution < 1.29 is 9.59 Å². The number of carbonyl (C=O) groups excluding carboxylic acids is 2. The van der Waals surface area contributed by atoms with E-state index in [2.05, 4.69) is 114 Å². The Morgan fingerprint density at radius 2 is 0.809 bits per heavy atom. The highest BCUT2D eigenvalue weighted by atomic mass is 32.1. The normalized spacial score (nSPS) is 16.9. The van der Waals surface area contributed by atoms with Crippen molar-refractivity contribution in [3.8, 4) is 9.75 Å². The third-order valence-corrected chi connectivity index (χ3v) is 32.3. The van der Waals surface area contributed by atoms with Gasteiger partial charge in [-0.25, -0.2) is 0 Å². The Balaban J connectivity index is 1.14. The fourth-order valence-electron chi connectivity index (χ4n) is 19.5. The number of carbonyl (C=O) groups is 2. The van der Waals surface area contributed by atoms with E-state index in [1.165, 1.54) is 399 Å². The number of thiophene rings is 4. The fourth-order valence-corrected chi connectivity index (χ4v) is 24.3. The van der Waals surface area contributed by atoms with Crippen molar-refractivity contribution in [2.75, 3.05) is 22.9 Å². The second-order valence-corrected chi connectivity index (χ2v) is 42.0. The molecular weight excluding hydrogens is 1480 g/mol. The number of nitrogens with zero attached hydrogens (tertiary/aromatic N) is 2. The molecule has 3 unspecified atom stereocenters. The van der Waals surface area contributed by atoms with Crippen LogP contribution in [0.2, 0.25) is 0 Å². The molecule has 3 atom stereocenters. The van der Waals surface area contributed by atoms with Crippen LogP contribution in [0.5, 0.6) is 0 Å². The number of benzene rings is 2. The first-order valence-corrected chi connectivity index (χ1v) is 52.8. The zero-order chi connectivity index (χ0) is 81.3.